The monoisotopic (exact) mass is 440 g/mol. The smallest absolute Gasteiger partial charge is 0.261 e. The summed E-state index contributed by atoms with van der Waals surface area (Å²) in [7, 11) is -2.23. The van der Waals surface area contributed by atoms with E-state index < -0.39 is 10.0 Å². The van der Waals surface area contributed by atoms with Crippen LogP contribution in [0.4, 0.5) is 5.69 Å². The first-order valence-electron chi connectivity index (χ1n) is 10.0. The van der Waals surface area contributed by atoms with Gasteiger partial charge < -0.3 is 14.6 Å². The number of carbonyl (C=O) groups is 1. The van der Waals surface area contributed by atoms with Gasteiger partial charge in [0, 0.05) is 30.4 Å². The second-order valence-electron chi connectivity index (χ2n) is 7.34. The quantitative estimate of drug-likeness (QED) is 0.588. The van der Waals surface area contributed by atoms with Crippen LogP contribution in [0.25, 0.3) is 0 Å². The van der Waals surface area contributed by atoms with E-state index in [1.54, 1.807) is 31.4 Å². The Kier molecular flexibility index (Phi) is 5.94. The van der Waals surface area contributed by atoms with Crippen LogP contribution in [0.15, 0.2) is 59.6 Å². The lowest BCUT2D eigenvalue weighted by molar-refractivity contribution is 0.0950. The van der Waals surface area contributed by atoms with Gasteiger partial charge in [-0.1, -0.05) is 0 Å². The highest BCUT2D eigenvalue weighted by molar-refractivity contribution is 7.92. The Hall–Kier alpha value is -3.33. The fourth-order valence-electron chi connectivity index (χ4n) is 3.49. The summed E-state index contributed by atoms with van der Waals surface area (Å²) in [5.74, 6) is 1.42. The number of aromatic nitrogens is 2. The van der Waals surface area contributed by atoms with Crippen molar-refractivity contribution in [3.8, 4) is 5.75 Å². The molecule has 9 heteroatoms. The zero-order chi connectivity index (χ0) is 21.8. The third-order valence-corrected chi connectivity index (χ3v) is 6.55. The van der Waals surface area contributed by atoms with Crippen LogP contribution < -0.4 is 14.8 Å². The van der Waals surface area contributed by atoms with Crippen molar-refractivity contribution >= 4 is 21.6 Å². The predicted molar refractivity (Wildman–Crippen MR) is 117 cm³/mol. The summed E-state index contributed by atoms with van der Waals surface area (Å²) in [5.41, 5.74) is 1.63. The lowest BCUT2D eigenvalue weighted by Gasteiger charge is -2.11. The lowest BCUT2D eigenvalue weighted by Crippen LogP contribution is -2.23. The number of sulfonamides is 1. The van der Waals surface area contributed by atoms with Gasteiger partial charge in [0.15, 0.2) is 0 Å². The first-order chi connectivity index (χ1) is 14.9. The molecule has 2 heterocycles. The Labute approximate surface area is 181 Å². The van der Waals surface area contributed by atoms with Gasteiger partial charge in [0.05, 0.1) is 24.2 Å². The molecule has 0 spiro atoms. The van der Waals surface area contributed by atoms with Gasteiger partial charge in [0.2, 0.25) is 0 Å². The molecule has 4 rings (SSSR count). The third kappa shape index (κ3) is 4.88. The maximum Gasteiger partial charge on any atom is 0.261 e. The second kappa shape index (κ2) is 8.81. The van der Waals surface area contributed by atoms with Crippen molar-refractivity contribution in [1.29, 1.82) is 0 Å². The van der Waals surface area contributed by atoms with Gasteiger partial charge in [-0.15, -0.1) is 0 Å². The number of amides is 1. The molecule has 0 saturated carbocycles. The second-order valence-corrected chi connectivity index (χ2v) is 9.02. The molecule has 0 atom stereocenters. The lowest BCUT2D eigenvalue weighted by atomic mass is 10.2. The fourth-order valence-corrected chi connectivity index (χ4v) is 4.55. The minimum atomic E-state index is -3.77. The summed E-state index contributed by atoms with van der Waals surface area (Å²) in [5, 5.41) is 2.84. The molecule has 0 unspecified atom stereocenters. The maximum absolute atomic E-state index is 12.6. The highest BCUT2D eigenvalue weighted by Crippen LogP contribution is 2.20. The van der Waals surface area contributed by atoms with Gasteiger partial charge in [-0.25, -0.2) is 13.4 Å². The van der Waals surface area contributed by atoms with Gasteiger partial charge in [-0.3, -0.25) is 9.52 Å². The van der Waals surface area contributed by atoms with E-state index in [4.69, 9.17) is 4.74 Å². The molecule has 2 N–H and O–H groups in total. The predicted octanol–water partition coefficient (Wildman–Crippen LogP) is 2.96. The summed E-state index contributed by atoms with van der Waals surface area (Å²) in [4.78, 5) is 17.1. The number of carbonyl (C=O) groups excluding carboxylic acids is 1. The molecule has 1 aliphatic heterocycles. The normalized spacial score (nSPS) is 13.3. The largest absolute Gasteiger partial charge is 0.497 e. The molecule has 1 aliphatic rings. The highest BCUT2D eigenvalue weighted by Gasteiger charge is 2.16. The number of benzene rings is 2. The van der Waals surface area contributed by atoms with Crippen LogP contribution in [-0.2, 0) is 29.5 Å². The Bertz CT molecular complexity index is 1150. The minimum Gasteiger partial charge on any atom is -0.497 e. The first kappa shape index (κ1) is 20.9. The average molecular weight is 441 g/mol. The average Bonchev–Trinajstić information content (AvgIpc) is 3.21. The molecular formula is C22H24N4O4S. The molecule has 162 valence electrons. The van der Waals surface area contributed by atoms with Crippen LogP contribution in [0.1, 0.15) is 34.7 Å². The molecule has 0 fully saturated rings. The summed E-state index contributed by atoms with van der Waals surface area (Å²) in [6.45, 7) is 1.30. The van der Waals surface area contributed by atoms with Gasteiger partial charge in [0.1, 0.15) is 11.6 Å². The van der Waals surface area contributed by atoms with E-state index >= 15 is 0 Å². The van der Waals surface area contributed by atoms with E-state index in [1.807, 2.05) is 6.20 Å². The number of nitrogens with zero attached hydrogens (tertiary/aromatic N) is 2. The van der Waals surface area contributed by atoms with Crippen molar-refractivity contribution < 1.29 is 17.9 Å². The van der Waals surface area contributed by atoms with Gasteiger partial charge in [-0.05, 0) is 61.4 Å². The molecule has 3 aromatic rings. The van der Waals surface area contributed by atoms with Crippen LogP contribution in [0.2, 0.25) is 0 Å². The number of hydrogen-bond donors (Lipinski definition) is 2. The molecule has 0 bridgehead atoms. The molecular weight excluding hydrogens is 416 g/mol. The molecule has 0 saturated heterocycles. The van der Waals surface area contributed by atoms with Gasteiger partial charge in [-0.2, -0.15) is 0 Å². The molecule has 31 heavy (non-hydrogen) atoms. The Morgan fingerprint density at radius 2 is 1.84 bits per heavy atom. The number of aryl methyl sites for hydroxylation is 2. The van der Waals surface area contributed by atoms with Crippen LogP contribution in [0, 0.1) is 0 Å². The summed E-state index contributed by atoms with van der Waals surface area (Å²) in [6, 6.07) is 12.4. The minimum absolute atomic E-state index is 0.0710. The van der Waals surface area contributed by atoms with E-state index in [1.165, 1.54) is 24.3 Å². The van der Waals surface area contributed by atoms with Crippen molar-refractivity contribution in [2.24, 2.45) is 0 Å². The number of anilines is 1. The van der Waals surface area contributed by atoms with Crippen molar-refractivity contribution in [1.82, 2.24) is 14.9 Å². The van der Waals surface area contributed by atoms with Crippen LogP contribution in [0.5, 0.6) is 5.75 Å². The Balaban J connectivity index is 1.38. The topological polar surface area (TPSA) is 102 Å². The van der Waals surface area contributed by atoms with Crippen molar-refractivity contribution in [3.63, 3.8) is 0 Å². The first-order valence-corrected chi connectivity index (χ1v) is 11.5. The molecule has 0 aliphatic carbocycles. The third-order valence-electron chi connectivity index (χ3n) is 5.16. The Morgan fingerprint density at radius 3 is 2.52 bits per heavy atom. The fraction of sp³-hybridized carbons (Fsp3) is 0.273. The van der Waals surface area contributed by atoms with E-state index in [0.29, 0.717) is 23.5 Å². The van der Waals surface area contributed by atoms with Crippen LogP contribution in [0.3, 0.4) is 0 Å². The number of hydrogen-bond acceptors (Lipinski definition) is 5. The number of imidazole rings is 1. The van der Waals surface area contributed by atoms with E-state index in [9.17, 15) is 13.2 Å². The van der Waals surface area contributed by atoms with Crippen LogP contribution >= 0.6 is 0 Å². The summed E-state index contributed by atoms with van der Waals surface area (Å²) in [6.07, 6.45) is 5.24. The molecule has 1 aromatic heterocycles. The molecule has 0 radical (unpaired) electrons. The summed E-state index contributed by atoms with van der Waals surface area (Å²) < 4.78 is 34.9. The van der Waals surface area contributed by atoms with Crippen molar-refractivity contribution in [2.45, 2.75) is 37.2 Å². The standard InChI is InChI=1S/C22H24N4O4S/c1-30-19-9-7-17(8-10-19)25-31(28,29)20-11-5-16(6-12-20)22(27)23-14-18-15-26-13-3-2-4-21(26)24-18/h5-12,15,25H,2-4,13-14H2,1H3,(H,23,27). The number of ether oxygens (including phenoxy) is 1. The van der Waals surface area contributed by atoms with Crippen molar-refractivity contribution in [3.05, 3.63) is 71.8 Å². The van der Waals surface area contributed by atoms with E-state index in [0.717, 1.165) is 37.3 Å². The zero-order valence-corrected chi connectivity index (χ0v) is 18.0. The number of nitrogens with one attached hydrogen (secondary N) is 2. The number of fused-ring (bicyclic) bond motifs is 1. The van der Waals surface area contributed by atoms with E-state index in [-0.39, 0.29) is 10.8 Å². The Morgan fingerprint density at radius 1 is 1.10 bits per heavy atom. The number of methoxy groups -OCH3 is 1. The maximum atomic E-state index is 12.6. The van der Waals surface area contributed by atoms with Gasteiger partial charge >= 0.3 is 0 Å². The molecule has 2 aromatic carbocycles. The zero-order valence-electron chi connectivity index (χ0n) is 17.2. The van der Waals surface area contributed by atoms with E-state index in [2.05, 4.69) is 19.6 Å². The summed E-state index contributed by atoms with van der Waals surface area (Å²) >= 11 is 0. The van der Waals surface area contributed by atoms with Crippen LogP contribution in [-0.4, -0.2) is 31.0 Å². The number of rotatable bonds is 7. The molecule has 8 nitrogen and oxygen atoms in total. The highest BCUT2D eigenvalue weighted by atomic mass is 32.2. The van der Waals surface area contributed by atoms with Gasteiger partial charge in [0.25, 0.3) is 15.9 Å². The van der Waals surface area contributed by atoms with Crippen molar-refractivity contribution in [2.75, 3.05) is 11.8 Å². The SMILES string of the molecule is COc1ccc(NS(=O)(=O)c2ccc(C(=O)NCc3cn4c(n3)CCCC4)cc2)cc1. The molecule has 1 amide bonds.